The second kappa shape index (κ2) is 11.3. The Bertz CT molecular complexity index is 1640. The summed E-state index contributed by atoms with van der Waals surface area (Å²) in [6.45, 7) is 1.36. The highest BCUT2D eigenvalue weighted by Crippen LogP contribution is 2.33. The molecule has 4 aromatic rings. The van der Waals surface area contributed by atoms with Gasteiger partial charge in [-0.2, -0.15) is 5.10 Å². The largest absolute Gasteiger partial charge is 0.467 e. The Labute approximate surface area is 242 Å². The van der Waals surface area contributed by atoms with Crippen LogP contribution < -0.4 is 0 Å². The van der Waals surface area contributed by atoms with E-state index in [0.29, 0.717) is 17.9 Å². The number of esters is 1. The molecule has 1 unspecified atom stereocenters. The minimum absolute atomic E-state index is 0.0355. The molecule has 210 valence electrons. The quantitative estimate of drug-likeness (QED) is 0.228. The highest BCUT2D eigenvalue weighted by atomic mass is 16.5. The number of hydrogen-bond acceptors (Lipinski definition) is 7. The summed E-state index contributed by atoms with van der Waals surface area (Å²) < 4.78 is 11.1. The molecule has 0 saturated carbocycles. The van der Waals surface area contributed by atoms with Gasteiger partial charge in [0.1, 0.15) is 17.8 Å². The van der Waals surface area contributed by atoms with Crippen LogP contribution in [0, 0.1) is 6.92 Å². The smallest absolute Gasteiger partial charge is 0.330 e. The minimum Gasteiger partial charge on any atom is -0.467 e. The van der Waals surface area contributed by atoms with Crippen LogP contribution in [0.2, 0.25) is 0 Å². The normalized spacial score (nSPS) is 16.8. The number of hydrogen-bond donors (Lipinski definition) is 0. The number of amides is 3. The Morgan fingerprint density at radius 1 is 0.905 bits per heavy atom. The molecule has 2 aliphatic heterocycles. The summed E-state index contributed by atoms with van der Waals surface area (Å²) in [4.78, 5) is 54.4. The molecule has 0 fully saturated rings. The van der Waals surface area contributed by atoms with Gasteiger partial charge < -0.3 is 9.15 Å². The molecular formula is C33H27N3O6. The molecule has 2 aliphatic rings. The second-order valence-electron chi connectivity index (χ2n) is 10.2. The van der Waals surface area contributed by atoms with Crippen molar-refractivity contribution >= 4 is 29.4 Å². The van der Waals surface area contributed by atoms with Crippen molar-refractivity contribution in [3.05, 3.63) is 131 Å². The summed E-state index contributed by atoms with van der Waals surface area (Å²) in [6, 6.07) is 25.0. The fourth-order valence-corrected chi connectivity index (χ4v) is 5.27. The van der Waals surface area contributed by atoms with Crippen LogP contribution in [0.4, 0.5) is 0 Å². The zero-order valence-electron chi connectivity index (χ0n) is 22.8. The third-order valence-corrected chi connectivity index (χ3v) is 7.44. The van der Waals surface area contributed by atoms with Crippen LogP contribution in [0.3, 0.4) is 0 Å². The minimum atomic E-state index is -1.27. The molecule has 0 saturated heterocycles. The maximum atomic E-state index is 13.5. The molecule has 0 spiro atoms. The van der Waals surface area contributed by atoms with Crippen molar-refractivity contribution in [3.63, 3.8) is 0 Å². The molecule has 3 heterocycles. The van der Waals surface area contributed by atoms with Gasteiger partial charge in [-0.1, -0.05) is 72.3 Å². The molecule has 42 heavy (non-hydrogen) atoms. The van der Waals surface area contributed by atoms with Crippen LogP contribution in [0.5, 0.6) is 0 Å². The van der Waals surface area contributed by atoms with E-state index >= 15 is 0 Å². The van der Waals surface area contributed by atoms with Crippen LogP contribution >= 0.6 is 0 Å². The molecule has 0 radical (unpaired) electrons. The van der Waals surface area contributed by atoms with E-state index < -0.39 is 42.4 Å². The molecule has 0 N–H and O–H groups in total. The first-order chi connectivity index (χ1) is 20.4. The van der Waals surface area contributed by atoms with Gasteiger partial charge in [-0.05, 0) is 42.3 Å². The Morgan fingerprint density at radius 3 is 2.21 bits per heavy atom. The van der Waals surface area contributed by atoms with E-state index in [1.165, 1.54) is 11.3 Å². The fraction of sp³-hybridized carbons (Fsp3) is 0.182. The van der Waals surface area contributed by atoms with Crippen LogP contribution in [0.15, 0.2) is 107 Å². The molecule has 0 aliphatic carbocycles. The van der Waals surface area contributed by atoms with E-state index in [9.17, 15) is 19.2 Å². The number of carbonyl (C=O) groups is 4. The molecular weight excluding hydrogens is 534 g/mol. The van der Waals surface area contributed by atoms with Crippen molar-refractivity contribution in [2.45, 2.75) is 31.8 Å². The van der Waals surface area contributed by atoms with Gasteiger partial charge in [-0.3, -0.25) is 19.3 Å². The van der Waals surface area contributed by atoms with Gasteiger partial charge in [0.2, 0.25) is 0 Å². The van der Waals surface area contributed by atoms with Gasteiger partial charge in [0.25, 0.3) is 17.7 Å². The number of imide groups is 1. The van der Waals surface area contributed by atoms with E-state index in [1.807, 2.05) is 37.3 Å². The number of aryl methyl sites for hydroxylation is 1. The summed E-state index contributed by atoms with van der Waals surface area (Å²) in [5.41, 5.74) is 3.85. The molecule has 2 atom stereocenters. The summed E-state index contributed by atoms with van der Waals surface area (Å²) in [5, 5.41) is 5.85. The van der Waals surface area contributed by atoms with E-state index in [2.05, 4.69) is 5.10 Å². The number of furan rings is 1. The Balaban J connectivity index is 1.23. The zero-order chi connectivity index (χ0) is 29.2. The first-order valence-electron chi connectivity index (χ1n) is 13.6. The fourth-order valence-electron chi connectivity index (χ4n) is 5.27. The van der Waals surface area contributed by atoms with Gasteiger partial charge in [-0.25, -0.2) is 9.80 Å². The standard InChI is InChI=1S/C33H27N3O6/c1-21-13-15-23(16-14-21)26-19-27(29-12-7-17-41-29)36(34-26)30(37)20-42-33(40)28(18-22-8-3-2-4-9-22)35-31(38)24-10-5-6-11-25(24)32(35)39/h2-17,27-28H,18-20H2,1H3/t27?,28-/m0/s1. The Hall–Kier alpha value is -5.31. The first kappa shape index (κ1) is 26.9. The number of fused-ring (bicyclic) bond motifs is 1. The lowest BCUT2D eigenvalue weighted by molar-refractivity contribution is -0.156. The van der Waals surface area contributed by atoms with Gasteiger partial charge >= 0.3 is 5.97 Å². The highest BCUT2D eigenvalue weighted by Gasteiger charge is 2.44. The second-order valence-corrected chi connectivity index (χ2v) is 10.2. The number of ether oxygens (including phenoxy) is 1. The van der Waals surface area contributed by atoms with Crippen LogP contribution in [-0.4, -0.2) is 52.0 Å². The van der Waals surface area contributed by atoms with Gasteiger partial charge in [0.15, 0.2) is 6.61 Å². The van der Waals surface area contributed by atoms with E-state index in [-0.39, 0.29) is 17.5 Å². The van der Waals surface area contributed by atoms with E-state index in [4.69, 9.17) is 9.15 Å². The summed E-state index contributed by atoms with van der Waals surface area (Å²) >= 11 is 0. The first-order valence-corrected chi connectivity index (χ1v) is 13.6. The molecule has 9 heteroatoms. The maximum Gasteiger partial charge on any atom is 0.330 e. The lowest BCUT2D eigenvalue weighted by atomic mass is 10.0. The molecule has 3 aromatic carbocycles. The third kappa shape index (κ3) is 5.12. The number of rotatable bonds is 8. The maximum absolute atomic E-state index is 13.5. The number of benzene rings is 3. The molecule has 6 rings (SSSR count). The number of carbonyl (C=O) groups excluding carboxylic acids is 4. The predicted molar refractivity (Wildman–Crippen MR) is 152 cm³/mol. The monoisotopic (exact) mass is 561 g/mol. The van der Waals surface area contributed by atoms with Crippen molar-refractivity contribution in [1.29, 1.82) is 0 Å². The molecule has 0 bridgehead atoms. The van der Waals surface area contributed by atoms with Gasteiger partial charge in [-0.15, -0.1) is 0 Å². The predicted octanol–water partition coefficient (Wildman–Crippen LogP) is 4.72. The average molecular weight is 562 g/mol. The topological polar surface area (TPSA) is 109 Å². The third-order valence-electron chi connectivity index (χ3n) is 7.44. The highest BCUT2D eigenvalue weighted by molar-refractivity contribution is 6.22. The molecule has 9 nitrogen and oxygen atoms in total. The Kier molecular flexibility index (Phi) is 7.23. The van der Waals surface area contributed by atoms with Crippen LogP contribution in [0.1, 0.15) is 55.6 Å². The summed E-state index contributed by atoms with van der Waals surface area (Å²) in [6.07, 6.45) is 1.98. The number of nitrogens with zero attached hydrogens (tertiary/aromatic N) is 3. The van der Waals surface area contributed by atoms with Crippen LogP contribution in [-0.2, 0) is 20.7 Å². The van der Waals surface area contributed by atoms with Crippen molar-refractivity contribution in [1.82, 2.24) is 9.91 Å². The molecule has 1 aromatic heterocycles. The number of hydrazone groups is 1. The SMILES string of the molecule is Cc1ccc(C2=NN(C(=O)COC(=O)[C@H](Cc3ccccc3)N3C(=O)c4ccccc4C3=O)C(c3ccco3)C2)cc1. The van der Waals surface area contributed by atoms with Crippen molar-refractivity contribution < 1.29 is 28.3 Å². The zero-order valence-corrected chi connectivity index (χ0v) is 22.8. The lowest BCUT2D eigenvalue weighted by Crippen LogP contribution is -2.47. The Morgan fingerprint density at radius 2 is 1.57 bits per heavy atom. The average Bonchev–Trinajstić information content (AvgIpc) is 3.75. The van der Waals surface area contributed by atoms with Crippen molar-refractivity contribution in [2.75, 3.05) is 6.61 Å². The van der Waals surface area contributed by atoms with Crippen molar-refractivity contribution in [3.8, 4) is 0 Å². The summed E-state index contributed by atoms with van der Waals surface area (Å²) in [7, 11) is 0. The van der Waals surface area contributed by atoms with Crippen molar-refractivity contribution in [2.24, 2.45) is 5.10 Å². The molecule has 3 amide bonds. The van der Waals surface area contributed by atoms with Gasteiger partial charge in [0, 0.05) is 12.8 Å². The lowest BCUT2D eigenvalue weighted by Gasteiger charge is -2.25. The summed E-state index contributed by atoms with van der Waals surface area (Å²) in [5.74, 6) is -2.03. The van der Waals surface area contributed by atoms with Gasteiger partial charge in [0.05, 0.1) is 23.1 Å². The van der Waals surface area contributed by atoms with Crippen LogP contribution in [0.25, 0.3) is 0 Å². The van der Waals surface area contributed by atoms with E-state index in [0.717, 1.165) is 21.6 Å². The van der Waals surface area contributed by atoms with E-state index in [1.54, 1.807) is 60.7 Å².